The first kappa shape index (κ1) is 17.1. The van der Waals surface area contributed by atoms with Crippen LogP contribution in [-0.2, 0) is 20.0 Å². The van der Waals surface area contributed by atoms with Crippen molar-refractivity contribution in [3.05, 3.63) is 81.7 Å². The topological polar surface area (TPSA) is 68.1 Å². The Morgan fingerprint density at radius 3 is 2.74 bits per heavy atom. The first-order valence-corrected chi connectivity index (χ1v) is 8.59. The van der Waals surface area contributed by atoms with Crippen molar-refractivity contribution >= 4 is 5.91 Å². The number of carbonyl (C=O) groups is 1. The standard InChI is InChI=1S/C20H17FN4O2/c1-24-18(6-3-7-19(24)26)20(27)25-9-8-16-14(12-25)11-17(23-22-16)13-4-2-5-15(21)10-13/h2-7,10-11H,8-9,12H2,1H3. The molecule has 1 aromatic carbocycles. The normalized spacial score (nSPS) is 13.3. The zero-order valence-corrected chi connectivity index (χ0v) is 14.7. The second kappa shape index (κ2) is 6.75. The van der Waals surface area contributed by atoms with Crippen molar-refractivity contribution in [2.24, 2.45) is 7.05 Å². The third-order valence-electron chi connectivity index (χ3n) is 4.75. The first-order chi connectivity index (χ1) is 13.0. The maximum Gasteiger partial charge on any atom is 0.270 e. The molecule has 0 atom stereocenters. The van der Waals surface area contributed by atoms with Crippen molar-refractivity contribution in [2.45, 2.75) is 13.0 Å². The minimum absolute atomic E-state index is 0.204. The molecule has 0 N–H and O–H groups in total. The largest absolute Gasteiger partial charge is 0.333 e. The molecule has 1 aliphatic heterocycles. The number of aromatic nitrogens is 3. The van der Waals surface area contributed by atoms with Gasteiger partial charge in [-0.3, -0.25) is 9.59 Å². The Morgan fingerprint density at radius 2 is 1.93 bits per heavy atom. The van der Waals surface area contributed by atoms with Gasteiger partial charge in [-0.1, -0.05) is 18.2 Å². The highest BCUT2D eigenvalue weighted by atomic mass is 19.1. The predicted octanol–water partition coefficient (Wildman–Crippen LogP) is 2.18. The molecule has 0 spiro atoms. The average Bonchev–Trinajstić information content (AvgIpc) is 2.68. The Kier molecular flexibility index (Phi) is 4.27. The van der Waals surface area contributed by atoms with E-state index in [-0.39, 0.29) is 17.3 Å². The Bertz CT molecular complexity index is 1090. The molecule has 0 saturated heterocycles. The van der Waals surface area contributed by atoms with Crippen LogP contribution in [0.3, 0.4) is 0 Å². The van der Waals surface area contributed by atoms with Crippen LogP contribution in [0, 0.1) is 5.82 Å². The van der Waals surface area contributed by atoms with Gasteiger partial charge in [-0.25, -0.2) is 4.39 Å². The predicted molar refractivity (Wildman–Crippen MR) is 97.6 cm³/mol. The van der Waals surface area contributed by atoms with Gasteiger partial charge in [0.15, 0.2) is 0 Å². The lowest BCUT2D eigenvalue weighted by Crippen LogP contribution is -2.39. The molecule has 3 aromatic rings. The molecule has 1 aliphatic rings. The molecule has 0 fully saturated rings. The van der Waals surface area contributed by atoms with Crippen LogP contribution >= 0.6 is 0 Å². The van der Waals surface area contributed by atoms with E-state index in [0.29, 0.717) is 36.5 Å². The minimum Gasteiger partial charge on any atom is -0.333 e. The number of amides is 1. The van der Waals surface area contributed by atoms with Gasteiger partial charge < -0.3 is 9.47 Å². The molecule has 3 heterocycles. The summed E-state index contributed by atoms with van der Waals surface area (Å²) >= 11 is 0. The van der Waals surface area contributed by atoms with Crippen molar-refractivity contribution in [3.8, 4) is 11.3 Å². The van der Waals surface area contributed by atoms with E-state index in [1.165, 1.54) is 22.8 Å². The fraction of sp³-hybridized carbons (Fsp3) is 0.200. The molecular formula is C20H17FN4O2. The molecule has 0 radical (unpaired) electrons. The van der Waals surface area contributed by atoms with Gasteiger partial charge in [0.1, 0.15) is 11.5 Å². The van der Waals surface area contributed by atoms with Crippen LogP contribution in [0.2, 0.25) is 0 Å². The number of hydrogen-bond acceptors (Lipinski definition) is 4. The molecular weight excluding hydrogens is 347 g/mol. The van der Waals surface area contributed by atoms with Gasteiger partial charge in [0.25, 0.3) is 11.5 Å². The summed E-state index contributed by atoms with van der Waals surface area (Å²) in [6.07, 6.45) is 0.582. The van der Waals surface area contributed by atoms with Crippen molar-refractivity contribution in [1.29, 1.82) is 0 Å². The maximum atomic E-state index is 13.5. The molecule has 0 saturated carbocycles. The SMILES string of the molecule is Cn1c(C(=O)N2CCc3nnc(-c4cccc(F)c4)cc3C2)cccc1=O. The van der Waals surface area contributed by atoms with Gasteiger partial charge in [-0.2, -0.15) is 10.2 Å². The van der Waals surface area contributed by atoms with Gasteiger partial charge in [-0.05, 0) is 29.8 Å². The first-order valence-electron chi connectivity index (χ1n) is 8.59. The van der Waals surface area contributed by atoms with E-state index < -0.39 is 0 Å². The molecule has 136 valence electrons. The number of halogens is 1. The molecule has 0 bridgehead atoms. The van der Waals surface area contributed by atoms with E-state index in [0.717, 1.165) is 11.3 Å². The van der Waals surface area contributed by atoms with Gasteiger partial charge >= 0.3 is 0 Å². The molecule has 27 heavy (non-hydrogen) atoms. The van der Waals surface area contributed by atoms with E-state index in [1.54, 1.807) is 36.2 Å². The van der Waals surface area contributed by atoms with E-state index >= 15 is 0 Å². The van der Waals surface area contributed by atoms with E-state index in [4.69, 9.17) is 0 Å². The summed E-state index contributed by atoms with van der Waals surface area (Å²) in [6.45, 7) is 0.873. The minimum atomic E-state index is -0.339. The Labute approximate surface area is 154 Å². The summed E-state index contributed by atoms with van der Waals surface area (Å²) in [5.74, 6) is -0.543. The molecule has 4 rings (SSSR count). The third kappa shape index (κ3) is 3.23. The summed E-state index contributed by atoms with van der Waals surface area (Å²) in [4.78, 5) is 26.3. The van der Waals surface area contributed by atoms with Gasteiger partial charge in [0.2, 0.25) is 0 Å². The number of benzene rings is 1. The van der Waals surface area contributed by atoms with Crippen molar-refractivity contribution in [3.63, 3.8) is 0 Å². The van der Waals surface area contributed by atoms with E-state index in [1.807, 2.05) is 6.07 Å². The second-order valence-corrected chi connectivity index (χ2v) is 6.50. The quantitative estimate of drug-likeness (QED) is 0.699. The summed E-state index contributed by atoms with van der Waals surface area (Å²) in [5.41, 5.74) is 3.04. The number of carbonyl (C=O) groups excluding carboxylic acids is 1. The van der Waals surface area contributed by atoms with Crippen LogP contribution in [0.5, 0.6) is 0 Å². The summed E-state index contributed by atoms with van der Waals surface area (Å²) < 4.78 is 14.8. The number of nitrogens with zero attached hydrogens (tertiary/aromatic N) is 4. The van der Waals surface area contributed by atoms with Crippen molar-refractivity contribution < 1.29 is 9.18 Å². The van der Waals surface area contributed by atoms with Crippen LogP contribution in [0.1, 0.15) is 21.7 Å². The Morgan fingerprint density at radius 1 is 1.11 bits per heavy atom. The molecule has 0 unspecified atom stereocenters. The van der Waals surface area contributed by atoms with Crippen LogP contribution in [0.25, 0.3) is 11.3 Å². The fourth-order valence-electron chi connectivity index (χ4n) is 3.23. The van der Waals surface area contributed by atoms with Crippen LogP contribution < -0.4 is 5.56 Å². The zero-order chi connectivity index (χ0) is 19.0. The molecule has 0 aliphatic carbocycles. The van der Waals surface area contributed by atoms with Crippen molar-refractivity contribution in [1.82, 2.24) is 19.7 Å². The maximum absolute atomic E-state index is 13.5. The Hall–Kier alpha value is -3.35. The average molecular weight is 364 g/mol. The number of hydrogen-bond donors (Lipinski definition) is 0. The molecule has 7 heteroatoms. The highest BCUT2D eigenvalue weighted by Crippen LogP contribution is 2.24. The highest BCUT2D eigenvalue weighted by molar-refractivity contribution is 5.92. The van der Waals surface area contributed by atoms with E-state index in [2.05, 4.69) is 10.2 Å². The lowest BCUT2D eigenvalue weighted by atomic mass is 10.0. The van der Waals surface area contributed by atoms with Gasteiger partial charge in [0.05, 0.1) is 11.4 Å². The molecule has 6 nitrogen and oxygen atoms in total. The zero-order valence-electron chi connectivity index (χ0n) is 14.7. The lowest BCUT2D eigenvalue weighted by molar-refractivity contribution is 0.0722. The third-order valence-corrected chi connectivity index (χ3v) is 4.75. The van der Waals surface area contributed by atoms with Crippen LogP contribution in [0.15, 0.2) is 53.3 Å². The van der Waals surface area contributed by atoms with Gasteiger partial charge in [-0.15, -0.1) is 0 Å². The smallest absolute Gasteiger partial charge is 0.270 e. The number of rotatable bonds is 2. The molecule has 1 amide bonds. The molecule has 2 aromatic heterocycles. The highest BCUT2D eigenvalue weighted by Gasteiger charge is 2.25. The van der Waals surface area contributed by atoms with Crippen molar-refractivity contribution in [2.75, 3.05) is 6.54 Å². The van der Waals surface area contributed by atoms with Crippen LogP contribution in [-0.4, -0.2) is 32.1 Å². The van der Waals surface area contributed by atoms with Crippen LogP contribution in [0.4, 0.5) is 4.39 Å². The number of fused-ring (bicyclic) bond motifs is 1. The van der Waals surface area contributed by atoms with Gasteiger partial charge in [0, 0.05) is 38.2 Å². The Balaban J connectivity index is 1.64. The fourth-order valence-corrected chi connectivity index (χ4v) is 3.23. The summed E-state index contributed by atoms with van der Waals surface area (Å²) in [5, 5.41) is 8.45. The summed E-state index contributed by atoms with van der Waals surface area (Å²) in [6, 6.07) is 12.7. The monoisotopic (exact) mass is 364 g/mol. The second-order valence-electron chi connectivity index (χ2n) is 6.50. The summed E-state index contributed by atoms with van der Waals surface area (Å²) in [7, 11) is 1.58. The number of pyridine rings is 1. The van der Waals surface area contributed by atoms with E-state index in [9.17, 15) is 14.0 Å². The lowest BCUT2D eigenvalue weighted by Gasteiger charge is -2.28.